The van der Waals surface area contributed by atoms with E-state index in [0.717, 1.165) is 0 Å². The average Bonchev–Trinajstić information content (AvgIpc) is 2.29. The molecule has 0 saturated heterocycles. The highest BCUT2D eigenvalue weighted by atomic mass is 79.9. The van der Waals surface area contributed by atoms with Crippen molar-refractivity contribution in [1.82, 2.24) is 0 Å². The Labute approximate surface area is 84.9 Å². The molecule has 3 nitrogen and oxygen atoms in total. The van der Waals surface area contributed by atoms with Gasteiger partial charge in [0.15, 0.2) is 0 Å². The van der Waals surface area contributed by atoms with Crippen molar-refractivity contribution in [2.75, 3.05) is 6.61 Å². The Kier molecular flexibility index (Phi) is 2.79. The second-order valence-corrected chi connectivity index (χ2v) is 3.97. The number of hydrogen-bond donors (Lipinski definition) is 1. The minimum Gasteiger partial charge on any atom is -0.456 e. The number of aliphatic hydroxyl groups is 1. The number of rotatable bonds is 0. The van der Waals surface area contributed by atoms with E-state index in [4.69, 9.17) is 4.74 Å². The van der Waals surface area contributed by atoms with Crippen molar-refractivity contribution in [2.24, 2.45) is 0 Å². The van der Waals surface area contributed by atoms with Gasteiger partial charge < -0.3 is 9.84 Å². The van der Waals surface area contributed by atoms with Crippen LogP contribution >= 0.6 is 15.9 Å². The number of carbonyl (C=O) groups excluding carboxylic acids is 1. The zero-order valence-electron chi connectivity index (χ0n) is 7.35. The molecule has 4 heteroatoms. The molecule has 1 heterocycles. The summed E-state index contributed by atoms with van der Waals surface area (Å²) in [7, 11) is 0. The molecule has 0 bridgehead atoms. The Morgan fingerprint density at radius 1 is 1.62 bits per heavy atom. The smallest absolute Gasteiger partial charge is 0.346 e. The molecule has 0 fully saturated rings. The summed E-state index contributed by atoms with van der Waals surface area (Å²) in [6.45, 7) is 3.33. The molecule has 1 aliphatic rings. The van der Waals surface area contributed by atoms with Gasteiger partial charge in [0.05, 0.1) is 5.57 Å². The van der Waals surface area contributed by atoms with Crippen LogP contribution in [0.1, 0.15) is 13.8 Å². The van der Waals surface area contributed by atoms with Gasteiger partial charge in [-0.05, 0) is 29.8 Å². The molecule has 0 aromatic heterocycles. The van der Waals surface area contributed by atoms with Gasteiger partial charge in [0.1, 0.15) is 16.7 Å². The lowest BCUT2D eigenvalue weighted by Crippen LogP contribution is -2.14. The van der Waals surface area contributed by atoms with Crippen LogP contribution in [0.2, 0.25) is 0 Å². The number of ether oxygens (including phenoxy) is 1. The SMILES string of the molecule is CC(C)(O)C#CC1=C(Br)C(=O)OC1. The molecule has 0 aromatic carbocycles. The van der Waals surface area contributed by atoms with Gasteiger partial charge in [-0.2, -0.15) is 0 Å². The van der Waals surface area contributed by atoms with Gasteiger partial charge in [0.2, 0.25) is 0 Å². The number of esters is 1. The molecule has 0 saturated carbocycles. The second-order valence-electron chi connectivity index (χ2n) is 3.18. The van der Waals surface area contributed by atoms with E-state index in [2.05, 4.69) is 27.8 Å². The fourth-order valence-electron chi connectivity index (χ4n) is 0.707. The minimum atomic E-state index is -1.05. The summed E-state index contributed by atoms with van der Waals surface area (Å²) in [5.41, 5.74) is -0.474. The number of halogens is 1. The maximum absolute atomic E-state index is 10.9. The largest absolute Gasteiger partial charge is 0.456 e. The molecule has 0 aromatic rings. The first kappa shape index (κ1) is 10.3. The van der Waals surface area contributed by atoms with Gasteiger partial charge in [0, 0.05) is 0 Å². The van der Waals surface area contributed by atoms with Crippen LogP contribution < -0.4 is 0 Å². The highest BCUT2D eigenvalue weighted by Gasteiger charge is 2.21. The van der Waals surface area contributed by atoms with E-state index in [-0.39, 0.29) is 6.61 Å². The molecule has 70 valence electrons. The molecule has 1 aliphatic heterocycles. The predicted molar refractivity (Wildman–Crippen MR) is 51.0 cm³/mol. The first-order valence-electron chi connectivity index (χ1n) is 3.71. The monoisotopic (exact) mass is 244 g/mol. The van der Waals surface area contributed by atoms with Crippen molar-refractivity contribution >= 4 is 21.9 Å². The Balaban J connectivity index is 2.85. The molecule has 0 radical (unpaired) electrons. The van der Waals surface area contributed by atoms with Crippen LogP contribution in [0.25, 0.3) is 0 Å². The summed E-state index contributed by atoms with van der Waals surface area (Å²) in [4.78, 5) is 10.9. The van der Waals surface area contributed by atoms with Crippen molar-refractivity contribution < 1.29 is 14.6 Å². The van der Waals surface area contributed by atoms with E-state index in [1.165, 1.54) is 0 Å². The summed E-state index contributed by atoms with van der Waals surface area (Å²) in [5.74, 6) is 4.89. The molecule has 0 spiro atoms. The Bertz CT molecular complexity index is 325. The highest BCUT2D eigenvalue weighted by Crippen LogP contribution is 2.20. The van der Waals surface area contributed by atoms with E-state index in [1.54, 1.807) is 13.8 Å². The third kappa shape index (κ3) is 2.87. The summed E-state index contributed by atoms with van der Waals surface area (Å²) < 4.78 is 5.05. The third-order valence-corrected chi connectivity index (χ3v) is 2.11. The molecule has 1 N–H and O–H groups in total. The Morgan fingerprint density at radius 2 is 2.23 bits per heavy atom. The summed E-state index contributed by atoms with van der Waals surface area (Å²) >= 11 is 3.06. The number of hydrogen-bond acceptors (Lipinski definition) is 3. The van der Waals surface area contributed by atoms with Gasteiger partial charge in [-0.1, -0.05) is 11.8 Å². The first-order valence-corrected chi connectivity index (χ1v) is 4.51. The van der Waals surface area contributed by atoms with Gasteiger partial charge in [-0.3, -0.25) is 0 Å². The van der Waals surface area contributed by atoms with Crippen molar-refractivity contribution in [1.29, 1.82) is 0 Å². The topological polar surface area (TPSA) is 46.5 Å². The number of cyclic esters (lactones) is 1. The molecule has 1 rings (SSSR count). The van der Waals surface area contributed by atoms with Crippen molar-refractivity contribution in [2.45, 2.75) is 19.4 Å². The molecule has 0 atom stereocenters. The van der Waals surface area contributed by atoms with E-state index in [9.17, 15) is 9.90 Å². The van der Waals surface area contributed by atoms with Crippen LogP contribution in [0.5, 0.6) is 0 Å². The van der Waals surface area contributed by atoms with Gasteiger partial charge in [0.25, 0.3) is 0 Å². The van der Waals surface area contributed by atoms with Gasteiger partial charge >= 0.3 is 5.97 Å². The Hall–Kier alpha value is -0.790. The van der Waals surface area contributed by atoms with Crippen LogP contribution in [0.4, 0.5) is 0 Å². The fraction of sp³-hybridized carbons (Fsp3) is 0.444. The lowest BCUT2D eigenvalue weighted by atomic mass is 10.1. The summed E-state index contributed by atoms with van der Waals surface area (Å²) in [6, 6.07) is 0. The fourth-order valence-corrected chi connectivity index (χ4v) is 1.04. The number of carbonyl (C=O) groups is 1. The van der Waals surface area contributed by atoms with Crippen molar-refractivity contribution in [3.8, 4) is 11.8 Å². The maximum atomic E-state index is 10.9. The quantitative estimate of drug-likeness (QED) is 0.511. The molecule has 0 amide bonds. The third-order valence-electron chi connectivity index (χ3n) is 1.31. The molecule has 13 heavy (non-hydrogen) atoms. The lowest BCUT2D eigenvalue weighted by Gasteiger charge is -2.05. The predicted octanol–water partition coefficient (Wildman–Crippen LogP) is 0.966. The normalized spacial score (nSPS) is 16.8. The zero-order valence-corrected chi connectivity index (χ0v) is 8.93. The Morgan fingerprint density at radius 3 is 2.62 bits per heavy atom. The van der Waals surface area contributed by atoms with Crippen LogP contribution in [0.15, 0.2) is 10.1 Å². The van der Waals surface area contributed by atoms with Crippen molar-refractivity contribution in [3.05, 3.63) is 10.1 Å². The van der Waals surface area contributed by atoms with E-state index >= 15 is 0 Å². The molecular formula is C9H9BrO3. The maximum Gasteiger partial charge on any atom is 0.346 e. The molecule has 0 aliphatic carbocycles. The first-order chi connectivity index (χ1) is 5.90. The van der Waals surface area contributed by atoms with Crippen molar-refractivity contribution in [3.63, 3.8) is 0 Å². The van der Waals surface area contributed by atoms with E-state index in [1.807, 2.05) is 0 Å². The molecule has 0 unspecified atom stereocenters. The zero-order chi connectivity index (χ0) is 10.1. The lowest BCUT2D eigenvalue weighted by molar-refractivity contribution is -0.135. The average molecular weight is 245 g/mol. The van der Waals surface area contributed by atoms with E-state index in [0.29, 0.717) is 10.1 Å². The van der Waals surface area contributed by atoms with Crippen LogP contribution in [0, 0.1) is 11.8 Å². The standard InChI is InChI=1S/C9H9BrO3/c1-9(2,12)4-3-6-5-13-8(11)7(6)10/h12H,5H2,1-2H3. The molecular weight excluding hydrogens is 236 g/mol. The highest BCUT2D eigenvalue weighted by molar-refractivity contribution is 9.12. The van der Waals surface area contributed by atoms with Gasteiger partial charge in [-0.15, -0.1) is 0 Å². The van der Waals surface area contributed by atoms with Crippen LogP contribution in [-0.4, -0.2) is 23.3 Å². The second kappa shape index (κ2) is 3.52. The summed E-state index contributed by atoms with van der Waals surface area (Å²) in [6.07, 6.45) is 0. The minimum absolute atomic E-state index is 0.183. The summed E-state index contributed by atoms with van der Waals surface area (Å²) in [5, 5.41) is 9.29. The van der Waals surface area contributed by atoms with Crippen LogP contribution in [0.3, 0.4) is 0 Å². The van der Waals surface area contributed by atoms with Gasteiger partial charge in [-0.25, -0.2) is 4.79 Å². The van der Waals surface area contributed by atoms with E-state index < -0.39 is 11.6 Å². The van der Waals surface area contributed by atoms with Crippen LogP contribution in [-0.2, 0) is 9.53 Å².